The first-order chi connectivity index (χ1) is 9.99. The number of hydrogen-bond donors (Lipinski definition) is 2. The van der Waals surface area contributed by atoms with Gasteiger partial charge in [0.1, 0.15) is 0 Å². The normalized spacial score (nSPS) is 9.38. The Kier molecular flexibility index (Phi) is 6.69. The fraction of sp³-hybridized carbons (Fsp3) is 0.312. The van der Waals surface area contributed by atoms with Crippen LogP contribution in [0.3, 0.4) is 0 Å². The lowest BCUT2D eigenvalue weighted by Crippen LogP contribution is -2.20. The van der Waals surface area contributed by atoms with Gasteiger partial charge in [0, 0.05) is 37.4 Å². The van der Waals surface area contributed by atoms with Crippen LogP contribution >= 0.6 is 0 Å². The summed E-state index contributed by atoms with van der Waals surface area (Å²) in [5.41, 5.74) is 1.26. The number of ketones is 1. The zero-order chi connectivity index (χ0) is 15.7. The number of carbonyl (C=O) groups is 3. The first-order valence-corrected chi connectivity index (χ1v) is 6.57. The number of nitrogens with one attached hydrogen (secondary N) is 1. The smallest absolute Gasteiger partial charge is 0.303 e. The van der Waals surface area contributed by atoms with E-state index in [-0.39, 0.29) is 24.5 Å². The Bertz CT molecular complexity index is 579. The summed E-state index contributed by atoms with van der Waals surface area (Å²) in [6, 6.07) is 6.73. The second-order valence-corrected chi connectivity index (χ2v) is 4.43. The van der Waals surface area contributed by atoms with Gasteiger partial charge in [-0.15, -0.1) is 0 Å². The van der Waals surface area contributed by atoms with Gasteiger partial charge in [0.25, 0.3) is 0 Å². The highest BCUT2D eigenvalue weighted by atomic mass is 16.4. The van der Waals surface area contributed by atoms with E-state index in [0.29, 0.717) is 18.5 Å². The van der Waals surface area contributed by atoms with Crippen molar-refractivity contribution in [3.8, 4) is 11.8 Å². The van der Waals surface area contributed by atoms with Crippen LogP contribution in [-0.4, -0.2) is 29.3 Å². The summed E-state index contributed by atoms with van der Waals surface area (Å²) < 4.78 is 0. The minimum Gasteiger partial charge on any atom is -0.481 e. The van der Waals surface area contributed by atoms with Crippen molar-refractivity contribution in [1.82, 2.24) is 5.32 Å². The fourth-order valence-corrected chi connectivity index (χ4v) is 1.57. The molecule has 1 rings (SSSR count). The van der Waals surface area contributed by atoms with Crippen molar-refractivity contribution in [2.75, 3.05) is 6.54 Å². The number of hydrogen-bond acceptors (Lipinski definition) is 3. The zero-order valence-electron chi connectivity index (χ0n) is 11.8. The Morgan fingerprint density at radius 2 is 1.81 bits per heavy atom. The van der Waals surface area contributed by atoms with Crippen molar-refractivity contribution in [2.24, 2.45) is 0 Å². The molecule has 21 heavy (non-hydrogen) atoms. The molecular weight excluding hydrogens is 270 g/mol. The van der Waals surface area contributed by atoms with Crippen molar-refractivity contribution in [3.05, 3.63) is 35.4 Å². The molecule has 0 unspecified atom stereocenters. The van der Waals surface area contributed by atoms with Crippen LogP contribution in [-0.2, 0) is 9.59 Å². The molecule has 5 nitrogen and oxygen atoms in total. The van der Waals surface area contributed by atoms with E-state index in [1.807, 2.05) is 0 Å². The van der Waals surface area contributed by atoms with Crippen molar-refractivity contribution in [2.45, 2.75) is 26.2 Å². The summed E-state index contributed by atoms with van der Waals surface area (Å²) in [7, 11) is 0. The van der Waals surface area contributed by atoms with Crippen LogP contribution < -0.4 is 5.32 Å². The van der Waals surface area contributed by atoms with E-state index in [0.717, 1.165) is 5.56 Å². The Hall–Kier alpha value is -2.61. The zero-order valence-corrected chi connectivity index (χ0v) is 11.8. The second-order valence-electron chi connectivity index (χ2n) is 4.43. The van der Waals surface area contributed by atoms with Gasteiger partial charge >= 0.3 is 5.97 Å². The molecule has 110 valence electrons. The maximum Gasteiger partial charge on any atom is 0.303 e. The largest absolute Gasteiger partial charge is 0.481 e. The predicted molar refractivity (Wildman–Crippen MR) is 77.8 cm³/mol. The first-order valence-electron chi connectivity index (χ1n) is 6.57. The summed E-state index contributed by atoms with van der Waals surface area (Å²) in [6.45, 7) is 1.96. The summed E-state index contributed by atoms with van der Waals surface area (Å²) >= 11 is 0. The number of Topliss-reactive ketones (excluding diaryl/α,β-unsaturated/α-hetero) is 1. The standard InChI is InChI=1S/C16H17NO4/c1-12(18)17-11-3-2-4-13-5-7-14(8-6-13)15(19)9-10-16(20)21/h5-8H,3,9-11H2,1H3,(H,17,18)(H,20,21). The molecule has 0 saturated carbocycles. The minimum atomic E-state index is -0.981. The van der Waals surface area contributed by atoms with Gasteiger partial charge < -0.3 is 10.4 Å². The van der Waals surface area contributed by atoms with Crippen LogP contribution in [0.1, 0.15) is 42.1 Å². The molecule has 5 heteroatoms. The van der Waals surface area contributed by atoms with Gasteiger partial charge in [0.05, 0.1) is 6.42 Å². The molecule has 0 atom stereocenters. The van der Waals surface area contributed by atoms with E-state index in [4.69, 9.17) is 5.11 Å². The predicted octanol–water partition coefficient (Wildman–Crippen LogP) is 1.61. The second kappa shape index (κ2) is 8.54. The highest BCUT2D eigenvalue weighted by Gasteiger charge is 2.07. The Morgan fingerprint density at radius 3 is 2.38 bits per heavy atom. The van der Waals surface area contributed by atoms with Gasteiger partial charge in [0.2, 0.25) is 5.91 Å². The number of aliphatic carboxylic acids is 1. The van der Waals surface area contributed by atoms with Crippen molar-refractivity contribution in [3.63, 3.8) is 0 Å². The molecule has 1 aromatic rings. The van der Waals surface area contributed by atoms with Gasteiger partial charge in [-0.3, -0.25) is 14.4 Å². The average molecular weight is 287 g/mol. The maximum atomic E-state index is 11.7. The van der Waals surface area contributed by atoms with Gasteiger partial charge in [-0.05, 0) is 12.1 Å². The summed E-state index contributed by atoms with van der Waals surface area (Å²) in [4.78, 5) is 32.7. The van der Waals surface area contributed by atoms with Gasteiger partial charge in [-0.2, -0.15) is 0 Å². The molecule has 0 radical (unpaired) electrons. The Balaban J connectivity index is 2.50. The van der Waals surface area contributed by atoms with Crippen LogP contribution in [0.2, 0.25) is 0 Å². The number of amides is 1. The molecule has 0 aliphatic rings. The molecule has 2 N–H and O–H groups in total. The lowest BCUT2D eigenvalue weighted by molar-refractivity contribution is -0.137. The molecule has 0 bridgehead atoms. The van der Waals surface area contributed by atoms with Gasteiger partial charge in [-0.25, -0.2) is 0 Å². The molecule has 1 aromatic carbocycles. The molecule has 0 aliphatic carbocycles. The third kappa shape index (κ3) is 6.92. The summed E-state index contributed by atoms with van der Waals surface area (Å²) in [6.07, 6.45) is 0.388. The molecule has 1 amide bonds. The number of benzene rings is 1. The molecular formula is C16H17NO4. The van der Waals surface area contributed by atoms with Crippen molar-refractivity contribution < 1.29 is 19.5 Å². The number of carboxylic acid groups (broad SMARTS) is 1. The molecule has 0 saturated heterocycles. The molecule has 0 spiro atoms. The topological polar surface area (TPSA) is 83.5 Å². The fourth-order valence-electron chi connectivity index (χ4n) is 1.57. The van der Waals surface area contributed by atoms with E-state index in [1.54, 1.807) is 24.3 Å². The third-order valence-corrected chi connectivity index (χ3v) is 2.63. The highest BCUT2D eigenvalue weighted by molar-refractivity contribution is 5.97. The van der Waals surface area contributed by atoms with Crippen LogP contribution in [0.25, 0.3) is 0 Å². The van der Waals surface area contributed by atoms with Crippen molar-refractivity contribution in [1.29, 1.82) is 0 Å². The summed E-state index contributed by atoms with van der Waals surface area (Å²) in [5.74, 6) is 4.59. The lowest BCUT2D eigenvalue weighted by Gasteiger charge is -1.99. The Morgan fingerprint density at radius 1 is 1.14 bits per heavy atom. The lowest BCUT2D eigenvalue weighted by atomic mass is 10.0. The molecule has 0 aliphatic heterocycles. The van der Waals surface area contributed by atoms with Gasteiger partial charge in [0.15, 0.2) is 5.78 Å². The van der Waals surface area contributed by atoms with Crippen molar-refractivity contribution >= 4 is 17.7 Å². The van der Waals surface area contributed by atoms with E-state index < -0.39 is 5.97 Å². The number of carboxylic acids is 1. The van der Waals surface area contributed by atoms with Crippen LogP contribution in [0.4, 0.5) is 0 Å². The highest BCUT2D eigenvalue weighted by Crippen LogP contribution is 2.07. The average Bonchev–Trinajstić information content (AvgIpc) is 2.44. The monoisotopic (exact) mass is 287 g/mol. The number of carbonyl (C=O) groups excluding carboxylic acids is 2. The van der Waals surface area contributed by atoms with Crippen LogP contribution in [0.5, 0.6) is 0 Å². The van der Waals surface area contributed by atoms with Crippen LogP contribution in [0, 0.1) is 11.8 Å². The minimum absolute atomic E-state index is 0.00290. The van der Waals surface area contributed by atoms with Crippen LogP contribution in [0.15, 0.2) is 24.3 Å². The quantitative estimate of drug-likeness (QED) is 0.473. The maximum absolute atomic E-state index is 11.7. The number of rotatable bonds is 6. The first kappa shape index (κ1) is 16.4. The third-order valence-electron chi connectivity index (χ3n) is 2.63. The van der Waals surface area contributed by atoms with E-state index >= 15 is 0 Å². The van der Waals surface area contributed by atoms with E-state index in [1.165, 1.54) is 6.92 Å². The molecule has 0 heterocycles. The molecule has 0 aromatic heterocycles. The molecule has 0 fully saturated rings. The Labute approximate surface area is 123 Å². The summed E-state index contributed by atoms with van der Waals surface area (Å²) in [5, 5.41) is 11.2. The SMILES string of the molecule is CC(=O)NCCC#Cc1ccc(C(=O)CCC(=O)O)cc1. The van der Waals surface area contributed by atoms with E-state index in [9.17, 15) is 14.4 Å². The van der Waals surface area contributed by atoms with E-state index in [2.05, 4.69) is 17.2 Å². The van der Waals surface area contributed by atoms with Gasteiger partial charge in [-0.1, -0.05) is 24.0 Å².